The van der Waals surface area contributed by atoms with E-state index >= 15 is 0 Å². The summed E-state index contributed by atoms with van der Waals surface area (Å²) in [4.78, 5) is 45.1. The Morgan fingerprint density at radius 1 is 1.13 bits per heavy atom. The second-order valence-electron chi connectivity index (χ2n) is 12.4. The first-order valence-corrected chi connectivity index (χ1v) is 15.2. The standard InChI is InChI=1S/C35H36FN5O5/c1-19-13-21-5-8-25(19)20(2)18-46-34(45)40-23-7-10-28(35(33(43)44)11-4-12-35)22(14-23)17-41(3)32(42)30(21)39-24-6-9-26-27(15-24)29(36)16-38-31(26)37/h5-10,13-16,20,30,39H,4,11-12,17-18H2,1-3H3,(H2,37,38)(H,40,45)(H,43,44)/t20-,30+/m0/s1. The van der Waals surface area contributed by atoms with Gasteiger partial charge in [0.2, 0.25) is 5.91 Å². The van der Waals surface area contributed by atoms with Crippen molar-refractivity contribution in [3.63, 3.8) is 0 Å². The molecule has 4 bridgehead atoms. The third-order valence-electron chi connectivity index (χ3n) is 9.32. The van der Waals surface area contributed by atoms with E-state index < -0.39 is 29.3 Å². The normalized spacial score (nSPS) is 19.7. The number of carbonyl (C=O) groups excluding carboxylic acids is 2. The minimum absolute atomic E-state index is 0.0780. The Balaban J connectivity index is 1.44. The van der Waals surface area contributed by atoms with Crippen molar-refractivity contribution in [2.75, 3.05) is 30.0 Å². The van der Waals surface area contributed by atoms with Crippen LogP contribution in [0.25, 0.3) is 10.8 Å². The first-order valence-electron chi connectivity index (χ1n) is 15.2. The summed E-state index contributed by atoms with van der Waals surface area (Å²) in [5, 5.41) is 17.1. The lowest BCUT2D eigenvalue weighted by atomic mass is 9.63. The molecule has 3 aromatic carbocycles. The zero-order valence-electron chi connectivity index (χ0n) is 25.9. The summed E-state index contributed by atoms with van der Waals surface area (Å²) >= 11 is 0. The SMILES string of the molecule is Cc1cc2ccc1[C@@H](C)COC(=O)Nc1ccc(C3(C(=O)O)CCC3)c(c1)CN(C)C(=O)[C@@H]2Nc1ccc2c(N)ncc(F)c2c1. The van der Waals surface area contributed by atoms with E-state index in [1.807, 2.05) is 32.0 Å². The summed E-state index contributed by atoms with van der Waals surface area (Å²) in [6.45, 7) is 4.10. The Morgan fingerprint density at radius 2 is 1.91 bits per heavy atom. The van der Waals surface area contributed by atoms with Gasteiger partial charge in [-0.1, -0.05) is 37.6 Å². The molecule has 1 aromatic heterocycles. The molecule has 238 valence electrons. The van der Waals surface area contributed by atoms with Crippen molar-refractivity contribution in [1.82, 2.24) is 9.88 Å². The second kappa shape index (κ2) is 12.0. The monoisotopic (exact) mass is 625 g/mol. The number of pyridine rings is 1. The van der Waals surface area contributed by atoms with Gasteiger partial charge in [0.15, 0.2) is 0 Å². The van der Waals surface area contributed by atoms with E-state index in [4.69, 9.17) is 10.5 Å². The smallest absolute Gasteiger partial charge is 0.411 e. The van der Waals surface area contributed by atoms with Crippen LogP contribution >= 0.6 is 0 Å². The summed E-state index contributed by atoms with van der Waals surface area (Å²) in [5.41, 5.74) is 9.63. The number of aromatic nitrogens is 1. The average Bonchev–Trinajstić information content (AvgIpc) is 3.00. The fourth-order valence-corrected chi connectivity index (χ4v) is 6.60. The lowest BCUT2D eigenvalue weighted by Crippen LogP contribution is -2.44. The van der Waals surface area contributed by atoms with Crippen molar-refractivity contribution >= 4 is 45.9 Å². The van der Waals surface area contributed by atoms with Crippen LogP contribution in [0.3, 0.4) is 0 Å². The summed E-state index contributed by atoms with van der Waals surface area (Å²) in [5.74, 6) is -1.67. The van der Waals surface area contributed by atoms with Gasteiger partial charge >= 0.3 is 12.1 Å². The quantitative estimate of drug-likeness (QED) is 0.208. The number of nitrogens with one attached hydrogen (secondary N) is 2. The van der Waals surface area contributed by atoms with Gasteiger partial charge in [-0.2, -0.15) is 0 Å². The van der Waals surface area contributed by atoms with Crippen LogP contribution in [0.15, 0.2) is 60.8 Å². The van der Waals surface area contributed by atoms with E-state index in [0.29, 0.717) is 46.3 Å². The fourth-order valence-electron chi connectivity index (χ4n) is 6.60. The number of ether oxygens (including phenoxy) is 1. The number of nitrogens with zero attached hydrogens (tertiary/aromatic N) is 2. The number of likely N-dealkylation sites (N-methyl/N-ethyl adjacent to an activating group) is 1. The lowest BCUT2D eigenvalue weighted by Gasteiger charge is -2.40. The van der Waals surface area contributed by atoms with Gasteiger partial charge in [-0.15, -0.1) is 0 Å². The minimum atomic E-state index is -1.06. The van der Waals surface area contributed by atoms with Gasteiger partial charge in [0, 0.05) is 41.7 Å². The van der Waals surface area contributed by atoms with Crippen molar-refractivity contribution in [3.8, 4) is 0 Å². The topological polar surface area (TPSA) is 147 Å². The third kappa shape index (κ3) is 5.57. The molecule has 2 atom stereocenters. The summed E-state index contributed by atoms with van der Waals surface area (Å²) in [6.07, 6.45) is 2.18. The molecule has 5 N–H and O–H groups in total. The first-order chi connectivity index (χ1) is 22.0. The predicted molar refractivity (Wildman–Crippen MR) is 173 cm³/mol. The number of halogens is 1. The maximum absolute atomic E-state index is 14.8. The molecule has 0 unspecified atom stereocenters. The van der Waals surface area contributed by atoms with E-state index in [9.17, 15) is 23.9 Å². The van der Waals surface area contributed by atoms with Gasteiger partial charge in [0.25, 0.3) is 0 Å². The number of aryl methyl sites for hydroxylation is 1. The van der Waals surface area contributed by atoms with E-state index in [0.717, 1.165) is 23.7 Å². The molecule has 1 aliphatic carbocycles. The average molecular weight is 626 g/mol. The Kier molecular flexibility index (Phi) is 8.01. The Morgan fingerprint density at radius 3 is 2.61 bits per heavy atom. The van der Waals surface area contributed by atoms with Gasteiger partial charge in [-0.05, 0) is 77.9 Å². The molecule has 0 saturated heterocycles. The van der Waals surface area contributed by atoms with Crippen LogP contribution in [0.1, 0.15) is 66.0 Å². The van der Waals surface area contributed by atoms with Crippen molar-refractivity contribution in [2.45, 2.75) is 57.0 Å². The maximum atomic E-state index is 14.8. The number of fused-ring (bicyclic) bond motifs is 10. The van der Waals surface area contributed by atoms with Gasteiger partial charge in [0.05, 0.1) is 18.2 Å². The van der Waals surface area contributed by atoms with Crippen LogP contribution < -0.4 is 16.4 Å². The maximum Gasteiger partial charge on any atom is 0.411 e. The van der Waals surface area contributed by atoms with Crippen LogP contribution in [0.4, 0.5) is 26.4 Å². The summed E-state index contributed by atoms with van der Waals surface area (Å²) < 4.78 is 20.3. The van der Waals surface area contributed by atoms with Crippen molar-refractivity contribution in [1.29, 1.82) is 0 Å². The fraction of sp³-hybridized carbons (Fsp3) is 0.314. The zero-order valence-corrected chi connectivity index (χ0v) is 25.9. The first kappa shape index (κ1) is 30.8. The molecule has 0 radical (unpaired) electrons. The lowest BCUT2D eigenvalue weighted by molar-refractivity contribution is -0.147. The number of carbonyl (C=O) groups is 3. The Hall–Kier alpha value is -5.19. The highest BCUT2D eigenvalue weighted by atomic mass is 19.1. The predicted octanol–water partition coefficient (Wildman–Crippen LogP) is 6.25. The molecule has 2 aliphatic heterocycles. The van der Waals surface area contributed by atoms with Crippen molar-refractivity contribution in [3.05, 3.63) is 94.4 Å². The van der Waals surface area contributed by atoms with E-state index in [1.165, 1.54) is 4.90 Å². The largest absolute Gasteiger partial charge is 0.481 e. The molecule has 0 spiro atoms. The van der Waals surface area contributed by atoms with Crippen molar-refractivity contribution < 1.29 is 28.6 Å². The number of carboxylic acid groups (broad SMARTS) is 1. The minimum Gasteiger partial charge on any atom is -0.481 e. The van der Waals surface area contributed by atoms with Crippen LogP contribution in [0.2, 0.25) is 0 Å². The number of carboxylic acids is 1. The molecule has 3 aliphatic rings. The number of hydrogen-bond donors (Lipinski definition) is 4. The molecule has 3 heterocycles. The highest BCUT2D eigenvalue weighted by Gasteiger charge is 2.47. The molecule has 7 rings (SSSR count). The number of hydrogen-bond acceptors (Lipinski definition) is 7. The molecule has 2 amide bonds. The van der Waals surface area contributed by atoms with Gasteiger partial charge in [-0.25, -0.2) is 14.2 Å². The number of nitrogens with two attached hydrogens (primary N) is 1. The van der Waals surface area contributed by atoms with Crippen LogP contribution in [-0.4, -0.2) is 46.6 Å². The Bertz CT molecular complexity index is 1870. The molecule has 46 heavy (non-hydrogen) atoms. The molecule has 1 saturated carbocycles. The molecular weight excluding hydrogens is 589 g/mol. The van der Waals surface area contributed by atoms with Crippen LogP contribution in [-0.2, 0) is 26.3 Å². The number of rotatable bonds is 4. The third-order valence-corrected chi connectivity index (χ3v) is 9.32. The highest BCUT2D eigenvalue weighted by Crippen LogP contribution is 2.46. The molecule has 1 fully saturated rings. The highest BCUT2D eigenvalue weighted by molar-refractivity contribution is 5.94. The van der Waals surface area contributed by atoms with E-state index in [-0.39, 0.29) is 36.2 Å². The summed E-state index contributed by atoms with van der Waals surface area (Å²) in [7, 11) is 1.65. The number of benzene rings is 3. The Labute approximate surface area is 265 Å². The van der Waals surface area contributed by atoms with E-state index in [1.54, 1.807) is 43.4 Å². The van der Waals surface area contributed by atoms with Crippen molar-refractivity contribution in [2.24, 2.45) is 0 Å². The van der Waals surface area contributed by atoms with Gasteiger partial charge < -0.3 is 25.8 Å². The number of aliphatic carboxylic acids is 1. The zero-order chi connectivity index (χ0) is 32.7. The molecule has 11 heteroatoms. The van der Waals surface area contributed by atoms with Crippen LogP contribution in [0.5, 0.6) is 0 Å². The van der Waals surface area contributed by atoms with Crippen LogP contribution in [0, 0.1) is 12.7 Å². The van der Waals surface area contributed by atoms with Gasteiger partial charge in [-0.3, -0.25) is 14.9 Å². The van der Waals surface area contributed by atoms with Gasteiger partial charge in [0.1, 0.15) is 17.7 Å². The van der Waals surface area contributed by atoms with E-state index in [2.05, 4.69) is 15.6 Å². The number of nitrogen functional groups attached to an aromatic ring is 1. The molecular formula is C35H36FN5O5. The second-order valence-corrected chi connectivity index (χ2v) is 12.4. The summed E-state index contributed by atoms with van der Waals surface area (Å²) in [6, 6.07) is 14.9. The molecule has 10 nitrogen and oxygen atoms in total. The number of amides is 2. The molecule has 4 aromatic rings. The number of anilines is 3.